The zero-order chi connectivity index (χ0) is 17.0. The van der Waals surface area contributed by atoms with Gasteiger partial charge in [-0.1, -0.05) is 19.1 Å². The van der Waals surface area contributed by atoms with E-state index in [1.807, 2.05) is 6.92 Å². The summed E-state index contributed by atoms with van der Waals surface area (Å²) in [6.07, 6.45) is -0.715. The van der Waals surface area contributed by atoms with Crippen LogP contribution in [0, 0.1) is 11.8 Å². The number of hydrogen-bond donors (Lipinski definition) is 1. The van der Waals surface area contributed by atoms with E-state index in [9.17, 15) is 9.18 Å². The number of rotatable bonds is 4. The third kappa shape index (κ3) is 4.93. The molecular formula is C18H26FNO3. The van der Waals surface area contributed by atoms with Crippen molar-refractivity contribution in [3.8, 4) is 5.75 Å². The fourth-order valence-electron chi connectivity index (χ4n) is 2.70. The molecule has 0 bridgehead atoms. The van der Waals surface area contributed by atoms with Crippen molar-refractivity contribution in [1.29, 1.82) is 0 Å². The topological polar surface area (TPSA) is 47.6 Å². The van der Waals surface area contributed by atoms with Crippen LogP contribution in [-0.2, 0) is 4.74 Å². The molecule has 1 heterocycles. The van der Waals surface area contributed by atoms with Gasteiger partial charge in [-0.2, -0.15) is 0 Å². The second-order valence-electron chi connectivity index (χ2n) is 7.10. The third-order valence-electron chi connectivity index (χ3n) is 3.93. The molecule has 0 saturated carbocycles. The minimum Gasteiger partial charge on any atom is -0.459 e. The van der Waals surface area contributed by atoms with E-state index in [1.54, 1.807) is 45.0 Å². The molecule has 0 aromatic heterocycles. The Kier molecular flexibility index (Phi) is 5.63. The molecule has 1 aliphatic heterocycles. The number of esters is 1. The van der Waals surface area contributed by atoms with Gasteiger partial charge in [-0.05, 0) is 58.3 Å². The van der Waals surface area contributed by atoms with E-state index in [-0.39, 0.29) is 23.1 Å². The molecule has 2 rings (SSSR count). The summed E-state index contributed by atoms with van der Waals surface area (Å²) in [7, 11) is 0. The normalized spacial score (nSPS) is 23.2. The van der Waals surface area contributed by atoms with Crippen LogP contribution in [-0.4, -0.2) is 31.0 Å². The number of piperidine rings is 1. The van der Waals surface area contributed by atoms with E-state index in [0.29, 0.717) is 0 Å². The molecule has 3 atom stereocenters. The van der Waals surface area contributed by atoms with Crippen molar-refractivity contribution in [2.45, 2.75) is 46.1 Å². The van der Waals surface area contributed by atoms with Crippen molar-refractivity contribution in [2.75, 3.05) is 13.1 Å². The molecule has 1 aromatic rings. The lowest BCUT2D eigenvalue weighted by Crippen LogP contribution is -2.41. The van der Waals surface area contributed by atoms with E-state index in [4.69, 9.17) is 9.47 Å². The van der Waals surface area contributed by atoms with Crippen molar-refractivity contribution in [3.05, 3.63) is 29.8 Å². The number of carbonyl (C=O) groups is 1. The summed E-state index contributed by atoms with van der Waals surface area (Å²) in [6, 6.07) is 6.65. The van der Waals surface area contributed by atoms with Crippen molar-refractivity contribution in [3.63, 3.8) is 0 Å². The number of halogens is 1. The van der Waals surface area contributed by atoms with Crippen LogP contribution in [0.4, 0.5) is 4.39 Å². The van der Waals surface area contributed by atoms with Crippen molar-refractivity contribution in [2.24, 2.45) is 11.8 Å². The van der Waals surface area contributed by atoms with E-state index in [0.717, 1.165) is 19.5 Å². The van der Waals surface area contributed by atoms with Crippen molar-refractivity contribution >= 4 is 5.97 Å². The predicted molar refractivity (Wildman–Crippen MR) is 87.3 cm³/mol. The van der Waals surface area contributed by atoms with Crippen LogP contribution in [0.3, 0.4) is 0 Å². The second-order valence-corrected chi connectivity index (χ2v) is 7.10. The van der Waals surface area contributed by atoms with Crippen molar-refractivity contribution in [1.82, 2.24) is 5.32 Å². The first-order valence-electron chi connectivity index (χ1n) is 8.12. The number of nitrogens with one attached hydrogen (secondary N) is 1. The molecule has 1 fully saturated rings. The lowest BCUT2D eigenvalue weighted by Gasteiger charge is -2.32. The van der Waals surface area contributed by atoms with E-state index < -0.39 is 17.9 Å². The van der Waals surface area contributed by atoms with Crippen LogP contribution >= 0.6 is 0 Å². The molecule has 1 aliphatic rings. The lowest BCUT2D eigenvalue weighted by molar-refractivity contribution is -0.0220. The molecule has 4 nitrogen and oxygen atoms in total. The number of ether oxygens (including phenoxy) is 2. The zero-order valence-electron chi connectivity index (χ0n) is 14.3. The van der Waals surface area contributed by atoms with Gasteiger partial charge in [-0.25, -0.2) is 9.18 Å². The minimum absolute atomic E-state index is 0.178. The van der Waals surface area contributed by atoms with Gasteiger partial charge < -0.3 is 14.8 Å². The summed E-state index contributed by atoms with van der Waals surface area (Å²) in [4.78, 5) is 12.3. The second kappa shape index (κ2) is 7.30. The van der Waals surface area contributed by atoms with Gasteiger partial charge in [-0.15, -0.1) is 0 Å². The molecule has 0 radical (unpaired) electrons. The quantitative estimate of drug-likeness (QED) is 0.861. The highest BCUT2D eigenvalue weighted by Gasteiger charge is 2.31. The summed E-state index contributed by atoms with van der Waals surface area (Å²) >= 11 is 0. The Morgan fingerprint density at radius 2 is 2.04 bits per heavy atom. The highest BCUT2D eigenvalue weighted by molar-refractivity contribution is 5.92. The van der Waals surface area contributed by atoms with Crippen LogP contribution < -0.4 is 10.1 Å². The molecular weight excluding hydrogens is 297 g/mol. The van der Waals surface area contributed by atoms with Gasteiger partial charge in [0, 0.05) is 5.92 Å². The van der Waals surface area contributed by atoms with Gasteiger partial charge in [-0.3, -0.25) is 0 Å². The fraction of sp³-hybridized carbons (Fsp3) is 0.611. The smallest absolute Gasteiger partial charge is 0.342 e. The molecule has 5 heteroatoms. The maximum absolute atomic E-state index is 14.6. The van der Waals surface area contributed by atoms with Gasteiger partial charge >= 0.3 is 5.97 Å². The molecule has 1 saturated heterocycles. The van der Waals surface area contributed by atoms with Crippen LogP contribution in [0.1, 0.15) is 44.5 Å². The first-order chi connectivity index (χ1) is 10.8. The molecule has 0 aliphatic carbocycles. The van der Waals surface area contributed by atoms with E-state index in [1.165, 1.54) is 0 Å². The number of benzene rings is 1. The van der Waals surface area contributed by atoms with Crippen LogP contribution in [0.25, 0.3) is 0 Å². The SMILES string of the molecule is CC1CNCCC1C(F)Oc1ccccc1C(=O)OC(C)(C)C. The van der Waals surface area contributed by atoms with Crippen LogP contribution in [0.5, 0.6) is 5.75 Å². The highest BCUT2D eigenvalue weighted by atomic mass is 19.1. The average molecular weight is 323 g/mol. The first-order valence-corrected chi connectivity index (χ1v) is 8.12. The van der Waals surface area contributed by atoms with Gasteiger partial charge in [0.1, 0.15) is 16.9 Å². The van der Waals surface area contributed by atoms with Gasteiger partial charge in [0.2, 0.25) is 6.36 Å². The number of carbonyl (C=O) groups excluding carboxylic acids is 1. The lowest BCUT2D eigenvalue weighted by atomic mass is 9.88. The fourth-order valence-corrected chi connectivity index (χ4v) is 2.70. The molecule has 128 valence electrons. The average Bonchev–Trinajstić information content (AvgIpc) is 2.46. The van der Waals surface area contributed by atoms with E-state index in [2.05, 4.69) is 5.32 Å². The summed E-state index contributed by atoms with van der Waals surface area (Å²) in [5.41, 5.74) is -0.352. The Morgan fingerprint density at radius 1 is 1.35 bits per heavy atom. The molecule has 3 unspecified atom stereocenters. The summed E-state index contributed by atoms with van der Waals surface area (Å²) in [5.74, 6) is -0.256. The monoisotopic (exact) mass is 323 g/mol. The van der Waals surface area contributed by atoms with Crippen molar-refractivity contribution < 1.29 is 18.7 Å². The molecule has 0 amide bonds. The van der Waals surface area contributed by atoms with Gasteiger partial charge in [0.15, 0.2) is 0 Å². The standard InChI is InChI=1S/C18H26FNO3/c1-12-11-20-10-9-13(12)16(19)22-15-8-6-5-7-14(15)17(21)23-18(2,3)4/h5-8,12-13,16,20H,9-11H2,1-4H3. The Hall–Kier alpha value is -1.62. The molecule has 1 N–H and O–H groups in total. The van der Waals surface area contributed by atoms with Crippen LogP contribution in [0.2, 0.25) is 0 Å². The Balaban J connectivity index is 2.12. The Morgan fingerprint density at radius 3 is 2.70 bits per heavy atom. The summed E-state index contributed by atoms with van der Waals surface area (Å²) < 4.78 is 25.5. The maximum atomic E-state index is 14.6. The zero-order valence-corrected chi connectivity index (χ0v) is 14.3. The highest BCUT2D eigenvalue weighted by Crippen LogP contribution is 2.29. The minimum atomic E-state index is -1.43. The first kappa shape index (κ1) is 17.7. The van der Waals surface area contributed by atoms with Gasteiger partial charge in [0.25, 0.3) is 0 Å². The molecule has 23 heavy (non-hydrogen) atoms. The maximum Gasteiger partial charge on any atom is 0.342 e. The Bertz CT molecular complexity index is 541. The third-order valence-corrected chi connectivity index (χ3v) is 3.93. The van der Waals surface area contributed by atoms with Gasteiger partial charge in [0.05, 0.1) is 0 Å². The van der Waals surface area contributed by atoms with E-state index >= 15 is 0 Å². The number of alkyl halides is 1. The largest absolute Gasteiger partial charge is 0.459 e. The summed E-state index contributed by atoms with van der Waals surface area (Å²) in [6.45, 7) is 8.95. The Labute approximate surface area is 137 Å². The van der Waals surface area contributed by atoms with Crippen LogP contribution in [0.15, 0.2) is 24.3 Å². The predicted octanol–water partition coefficient (Wildman–Crippen LogP) is 3.56. The number of hydrogen-bond acceptors (Lipinski definition) is 4. The summed E-state index contributed by atoms with van der Waals surface area (Å²) in [5, 5.41) is 3.24. The molecule has 1 aromatic carbocycles. The number of para-hydroxylation sites is 1. The molecule has 0 spiro atoms.